The van der Waals surface area contributed by atoms with Crippen LogP contribution >= 0.6 is 0 Å². The summed E-state index contributed by atoms with van der Waals surface area (Å²) in [6, 6.07) is 7.33. The Kier molecular flexibility index (Phi) is 8.60. The molecule has 4 atom stereocenters. The molecular formula is C38H50F2O3Si. The van der Waals surface area contributed by atoms with E-state index in [1.54, 1.807) is 12.1 Å². The third kappa shape index (κ3) is 4.83. The van der Waals surface area contributed by atoms with Crippen molar-refractivity contribution in [2.45, 2.75) is 135 Å². The van der Waals surface area contributed by atoms with E-state index in [-0.39, 0.29) is 46.4 Å². The Morgan fingerprint density at radius 1 is 0.932 bits per heavy atom. The van der Waals surface area contributed by atoms with E-state index >= 15 is 8.78 Å². The fourth-order valence-electron chi connectivity index (χ4n) is 10.1. The van der Waals surface area contributed by atoms with Gasteiger partial charge in [-0.2, -0.15) is 8.78 Å². The molecule has 0 amide bonds. The molecule has 5 rings (SSSR count). The number of benzene rings is 1. The van der Waals surface area contributed by atoms with Crippen LogP contribution in [0.3, 0.4) is 0 Å². The minimum Gasteiger partial charge on any atom is -0.382 e. The number of hydrogen-bond acceptors (Lipinski definition) is 3. The van der Waals surface area contributed by atoms with Crippen LogP contribution in [-0.2, 0) is 4.79 Å². The minimum absolute atomic E-state index is 0.00742. The van der Waals surface area contributed by atoms with Crippen LogP contribution in [0.5, 0.6) is 0 Å². The predicted octanol–water partition coefficient (Wildman–Crippen LogP) is 9.51. The molecule has 6 heteroatoms. The molecule has 1 aromatic rings. The van der Waals surface area contributed by atoms with Crippen molar-refractivity contribution in [3.63, 3.8) is 0 Å². The van der Waals surface area contributed by atoms with Crippen LogP contribution in [0.15, 0.2) is 41.0 Å². The van der Waals surface area contributed by atoms with Crippen molar-refractivity contribution in [1.82, 2.24) is 0 Å². The molecule has 0 saturated heterocycles. The van der Waals surface area contributed by atoms with Gasteiger partial charge in [0.2, 0.25) is 0 Å². The molecule has 0 radical (unpaired) electrons. The van der Waals surface area contributed by atoms with Gasteiger partial charge in [0, 0.05) is 23.0 Å². The molecule has 3 nitrogen and oxygen atoms in total. The zero-order valence-corrected chi connectivity index (χ0v) is 28.9. The van der Waals surface area contributed by atoms with Gasteiger partial charge in [-0.15, -0.1) is 5.54 Å². The largest absolute Gasteiger partial charge is 0.382 e. The first-order valence-electron chi connectivity index (χ1n) is 16.8. The Morgan fingerprint density at radius 3 is 2.11 bits per heavy atom. The lowest BCUT2D eigenvalue weighted by molar-refractivity contribution is -0.207. The van der Waals surface area contributed by atoms with E-state index in [2.05, 4.69) is 53.0 Å². The highest BCUT2D eigenvalue weighted by atomic mass is 28.3. The van der Waals surface area contributed by atoms with Crippen molar-refractivity contribution in [2.24, 2.45) is 17.3 Å². The number of Topliss-reactive ketones (excluding diaryl/α,β-unsaturated/α-hetero) is 2. The minimum atomic E-state index is -3.49. The summed E-state index contributed by atoms with van der Waals surface area (Å²) in [5, 5.41) is 12.1. The Hall–Kier alpha value is -2.36. The molecule has 0 spiro atoms. The topological polar surface area (TPSA) is 54.4 Å². The van der Waals surface area contributed by atoms with E-state index in [0.717, 1.165) is 29.6 Å². The van der Waals surface area contributed by atoms with E-state index in [0.29, 0.717) is 37.7 Å². The second kappa shape index (κ2) is 11.5. The number of fused-ring (bicyclic) bond motifs is 4. The van der Waals surface area contributed by atoms with Gasteiger partial charge in [-0.25, -0.2) is 0 Å². The summed E-state index contributed by atoms with van der Waals surface area (Å²) in [5.74, 6) is -0.782. The smallest absolute Gasteiger partial charge is 0.336 e. The van der Waals surface area contributed by atoms with E-state index < -0.39 is 25.0 Å². The molecule has 0 unspecified atom stereocenters. The van der Waals surface area contributed by atoms with Gasteiger partial charge < -0.3 is 5.11 Å². The van der Waals surface area contributed by atoms with Crippen LogP contribution < -0.4 is 0 Å². The summed E-state index contributed by atoms with van der Waals surface area (Å²) in [4.78, 5) is 25.1. The molecule has 4 aliphatic carbocycles. The molecule has 0 bridgehead atoms. The average molecular weight is 621 g/mol. The predicted molar refractivity (Wildman–Crippen MR) is 176 cm³/mol. The van der Waals surface area contributed by atoms with Crippen molar-refractivity contribution in [3.8, 4) is 11.5 Å². The highest BCUT2D eigenvalue weighted by Crippen LogP contribution is 2.66. The summed E-state index contributed by atoms with van der Waals surface area (Å²) >= 11 is 0. The number of alkyl halides is 2. The standard InChI is InChI=1S/C38H50F2O3Si/c1-23(2)44(24(3)4,25(5)6)22-21-38(39,40)37(43)20-18-33-31-13-14-32-29(30(31)17-19-36(33,37)8)15-16-34(42)35(32)28-11-9-27(10-12-28)26(7)41/h9-12,23-25,31,33,43H,13-20H2,1-8H3/t31-,33+,36+,37+/m1/s1. The highest BCUT2D eigenvalue weighted by molar-refractivity contribution is 6.90. The summed E-state index contributed by atoms with van der Waals surface area (Å²) in [5.41, 5.74) is 6.75. The number of aliphatic hydroxyl groups is 1. The lowest BCUT2D eigenvalue weighted by atomic mass is 9.54. The molecule has 238 valence electrons. The Bertz CT molecular complexity index is 1450. The third-order valence-corrected chi connectivity index (χ3v) is 18.8. The first-order valence-corrected chi connectivity index (χ1v) is 19.0. The molecular weight excluding hydrogens is 570 g/mol. The number of carbonyl (C=O) groups is 2. The Balaban J connectivity index is 1.51. The van der Waals surface area contributed by atoms with Crippen LogP contribution in [0, 0.1) is 28.7 Å². The van der Waals surface area contributed by atoms with Crippen molar-refractivity contribution in [1.29, 1.82) is 0 Å². The number of rotatable bonds is 6. The molecule has 0 aromatic heterocycles. The fraction of sp³-hybridized carbons (Fsp3) is 0.632. The van der Waals surface area contributed by atoms with Crippen molar-refractivity contribution < 1.29 is 23.5 Å². The van der Waals surface area contributed by atoms with Crippen LogP contribution in [0.1, 0.15) is 123 Å². The molecule has 1 N–H and O–H groups in total. The van der Waals surface area contributed by atoms with Gasteiger partial charge in [-0.1, -0.05) is 78.3 Å². The zero-order chi connectivity index (χ0) is 32.4. The van der Waals surface area contributed by atoms with Crippen molar-refractivity contribution >= 4 is 25.2 Å². The van der Waals surface area contributed by atoms with Gasteiger partial charge in [0.1, 0.15) is 13.7 Å². The van der Waals surface area contributed by atoms with Crippen molar-refractivity contribution in [2.75, 3.05) is 0 Å². The van der Waals surface area contributed by atoms with E-state index in [9.17, 15) is 14.7 Å². The summed E-state index contributed by atoms with van der Waals surface area (Å²) in [6.07, 6.45) is 4.43. The Labute approximate surface area is 264 Å². The molecule has 0 aliphatic heterocycles. The molecule has 2 fully saturated rings. The van der Waals surface area contributed by atoms with E-state index in [1.807, 2.05) is 19.1 Å². The first-order chi connectivity index (χ1) is 20.5. The van der Waals surface area contributed by atoms with Gasteiger partial charge in [0.05, 0.1) is 0 Å². The maximum absolute atomic E-state index is 16.4. The van der Waals surface area contributed by atoms with Gasteiger partial charge in [-0.3, -0.25) is 9.59 Å². The summed E-state index contributed by atoms with van der Waals surface area (Å²) in [7, 11) is -2.39. The maximum Gasteiger partial charge on any atom is 0.336 e. The number of hydrogen-bond donors (Lipinski definition) is 1. The van der Waals surface area contributed by atoms with Crippen molar-refractivity contribution in [3.05, 3.63) is 52.1 Å². The number of carbonyl (C=O) groups excluding carboxylic acids is 2. The van der Waals surface area contributed by atoms with E-state index in [4.69, 9.17) is 0 Å². The lowest BCUT2D eigenvalue weighted by Crippen LogP contribution is -2.59. The average Bonchev–Trinajstić information content (AvgIpc) is 3.24. The number of allylic oxidation sites excluding steroid dienone is 4. The maximum atomic E-state index is 16.4. The molecule has 44 heavy (non-hydrogen) atoms. The van der Waals surface area contributed by atoms with Crippen LogP contribution in [-0.4, -0.2) is 36.3 Å². The normalized spacial score (nSPS) is 29.1. The number of halogens is 2. The second-order valence-electron chi connectivity index (χ2n) is 15.2. The quantitative estimate of drug-likeness (QED) is 0.196. The SMILES string of the molecule is CC(=O)c1ccc(C2=C3CC[C@@H]4C(=C3CCC2=O)CC[C@@]2(C)[C@H]4CC[C@@]2(O)C(F)(F)C#C[Si](C(C)C)(C(C)C)C(C)C)cc1. The Morgan fingerprint density at radius 2 is 1.55 bits per heavy atom. The lowest BCUT2D eigenvalue weighted by Gasteiger charge is -2.53. The summed E-state index contributed by atoms with van der Waals surface area (Å²) in [6.45, 7) is 16.2. The van der Waals surface area contributed by atoms with Crippen LogP contribution in [0.4, 0.5) is 8.78 Å². The third-order valence-electron chi connectivity index (χ3n) is 12.5. The van der Waals surface area contributed by atoms with Gasteiger partial charge in [0.25, 0.3) is 0 Å². The van der Waals surface area contributed by atoms with Crippen LogP contribution in [0.2, 0.25) is 16.6 Å². The van der Waals surface area contributed by atoms with Gasteiger partial charge in [0.15, 0.2) is 11.6 Å². The summed E-state index contributed by atoms with van der Waals surface area (Å²) < 4.78 is 32.8. The molecule has 2 saturated carbocycles. The number of ketones is 2. The highest BCUT2D eigenvalue weighted by Gasteiger charge is 2.70. The first kappa shape index (κ1) is 33.0. The fourth-order valence-corrected chi connectivity index (χ4v) is 15.3. The van der Waals surface area contributed by atoms with Gasteiger partial charge in [-0.05, 0) is 103 Å². The second-order valence-corrected chi connectivity index (χ2v) is 20.8. The molecule has 0 heterocycles. The zero-order valence-electron chi connectivity index (χ0n) is 27.9. The monoisotopic (exact) mass is 620 g/mol. The van der Waals surface area contributed by atoms with E-state index in [1.165, 1.54) is 18.1 Å². The molecule has 4 aliphatic rings. The van der Waals surface area contributed by atoms with Gasteiger partial charge >= 0.3 is 5.92 Å². The van der Waals surface area contributed by atoms with Crippen LogP contribution in [0.25, 0.3) is 5.57 Å². The molecule has 1 aromatic carbocycles.